The van der Waals surface area contributed by atoms with Crippen LogP contribution in [0.2, 0.25) is 0 Å². The van der Waals surface area contributed by atoms with E-state index in [2.05, 4.69) is 13.8 Å². The lowest BCUT2D eigenvalue weighted by molar-refractivity contribution is -0.151. The molecule has 0 aromatic heterocycles. The Bertz CT molecular complexity index is 893. The fourth-order valence-corrected chi connectivity index (χ4v) is 7.35. The Hall–Kier alpha value is -1.75. The van der Waals surface area contributed by atoms with Gasteiger partial charge in [-0.2, -0.15) is 0 Å². The Kier molecular flexibility index (Phi) is 3.42. The molecule has 6 atom stereocenters. The van der Waals surface area contributed by atoms with E-state index in [1.165, 1.54) is 0 Å². The van der Waals surface area contributed by atoms with Crippen LogP contribution in [-0.4, -0.2) is 36.4 Å². The van der Waals surface area contributed by atoms with Gasteiger partial charge in [-0.15, -0.1) is 0 Å². The van der Waals surface area contributed by atoms with Gasteiger partial charge in [-0.1, -0.05) is 25.8 Å². The molecule has 150 valence electrons. The topological polar surface area (TPSA) is 69.7 Å². The Morgan fingerprint density at radius 2 is 1.89 bits per heavy atom. The highest BCUT2D eigenvalue weighted by Crippen LogP contribution is 2.70. The lowest BCUT2D eigenvalue weighted by Gasteiger charge is -2.51. The summed E-state index contributed by atoms with van der Waals surface area (Å²) in [5.41, 5.74) is 0.133. The molecular formula is C23H28O5. The number of fused-ring (bicyclic) bond motifs is 2. The number of rotatable bonds is 2. The quantitative estimate of drug-likeness (QED) is 0.540. The smallest absolute Gasteiger partial charge is 0.317 e. The molecule has 2 fully saturated rings. The number of carbonyl (C=O) groups excluding carboxylic acids is 3. The second-order valence-corrected chi connectivity index (χ2v) is 10.1. The summed E-state index contributed by atoms with van der Waals surface area (Å²) >= 11 is 0. The summed E-state index contributed by atoms with van der Waals surface area (Å²) in [5, 5.41) is 0. The van der Waals surface area contributed by atoms with Crippen LogP contribution < -0.4 is 0 Å². The van der Waals surface area contributed by atoms with Crippen LogP contribution in [0.5, 0.6) is 0 Å². The van der Waals surface area contributed by atoms with Crippen LogP contribution in [-0.2, 0) is 23.9 Å². The van der Waals surface area contributed by atoms with E-state index in [4.69, 9.17) is 9.47 Å². The van der Waals surface area contributed by atoms with Gasteiger partial charge in [0.2, 0.25) is 0 Å². The molecule has 0 aromatic rings. The first kappa shape index (κ1) is 18.3. The van der Waals surface area contributed by atoms with Gasteiger partial charge in [-0.05, 0) is 50.7 Å². The first-order chi connectivity index (χ1) is 13.1. The van der Waals surface area contributed by atoms with E-state index in [1.54, 1.807) is 13.0 Å². The van der Waals surface area contributed by atoms with E-state index in [-0.39, 0.29) is 40.9 Å². The predicted octanol–water partition coefficient (Wildman–Crippen LogP) is 3.17. The maximum absolute atomic E-state index is 13.9. The SMILES string of the molecule is CCOC1C2=C(C(=O)C3(C)C(=O)C=C(C)C23)C23CCCC(C)(C)C2C1OC3=O. The number of ketones is 2. The molecule has 0 amide bonds. The van der Waals surface area contributed by atoms with E-state index in [0.717, 1.165) is 24.0 Å². The van der Waals surface area contributed by atoms with Crippen molar-refractivity contribution in [1.82, 2.24) is 0 Å². The highest BCUT2D eigenvalue weighted by molar-refractivity contribution is 6.24. The summed E-state index contributed by atoms with van der Waals surface area (Å²) < 4.78 is 12.2. The highest BCUT2D eigenvalue weighted by atomic mass is 16.6. The fourth-order valence-electron chi connectivity index (χ4n) is 7.35. The van der Waals surface area contributed by atoms with E-state index < -0.39 is 16.9 Å². The zero-order chi connectivity index (χ0) is 20.2. The number of allylic oxidation sites excluding steroid dienone is 2. The van der Waals surface area contributed by atoms with Crippen molar-refractivity contribution in [3.8, 4) is 0 Å². The summed E-state index contributed by atoms with van der Waals surface area (Å²) in [5.74, 6) is -0.996. The summed E-state index contributed by atoms with van der Waals surface area (Å²) in [4.78, 5) is 40.1. The number of carbonyl (C=O) groups is 3. The number of ether oxygens (including phenoxy) is 2. The van der Waals surface area contributed by atoms with Crippen molar-refractivity contribution in [2.24, 2.45) is 28.1 Å². The molecule has 2 bridgehead atoms. The molecule has 1 heterocycles. The van der Waals surface area contributed by atoms with Gasteiger partial charge in [0, 0.05) is 24.0 Å². The van der Waals surface area contributed by atoms with Gasteiger partial charge in [-0.25, -0.2) is 0 Å². The van der Waals surface area contributed by atoms with E-state index in [9.17, 15) is 14.4 Å². The van der Waals surface area contributed by atoms with Crippen molar-refractivity contribution in [3.05, 3.63) is 22.8 Å². The first-order valence-electron chi connectivity index (χ1n) is 10.5. The monoisotopic (exact) mass is 384 g/mol. The van der Waals surface area contributed by atoms with E-state index >= 15 is 0 Å². The molecule has 1 aliphatic heterocycles. The standard InChI is InChI=1S/C23H28O5/c1-6-27-16-13-14-11(2)10-12(24)22(14,5)19(25)15(13)23-9-7-8-21(3,4)18(23)17(16)28-20(23)26/h10,14,16-18H,6-9H2,1-5H3. The third-order valence-corrected chi connectivity index (χ3v) is 8.30. The molecular weight excluding hydrogens is 356 g/mol. The van der Waals surface area contributed by atoms with Crippen LogP contribution in [0.1, 0.15) is 53.9 Å². The third kappa shape index (κ3) is 1.72. The second kappa shape index (κ2) is 5.24. The third-order valence-electron chi connectivity index (χ3n) is 8.30. The number of hydrogen-bond donors (Lipinski definition) is 0. The first-order valence-corrected chi connectivity index (χ1v) is 10.5. The lowest BCUT2D eigenvalue weighted by Crippen LogP contribution is -2.55. The van der Waals surface area contributed by atoms with Crippen LogP contribution in [0, 0.1) is 28.1 Å². The molecule has 0 aromatic carbocycles. The molecule has 5 heteroatoms. The molecule has 0 radical (unpaired) electrons. The lowest BCUT2D eigenvalue weighted by atomic mass is 9.49. The largest absolute Gasteiger partial charge is 0.458 e. The fraction of sp³-hybridized carbons (Fsp3) is 0.696. The molecule has 5 aliphatic rings. The zero-order valence-electron chi connectivity index (χ0n) is 17.3. The van der Waals surface area contributed by atoms with Crippen LogP contribution in [0.3, 0.4) is 0 Å². The summed E-state index contributed by atoms with van der Waals surface area (Å²) in [6.07, 6.45) is 3.25. The molecule has 0 N–H and O–H groups in total. The number of Topliss-reactive ketones (excluding diaryl/α,β-unsaturated/α-hetero) is 1. The molecule has 5 rings (SSSR count). The van der Waals surface area contributed by atoms with Gasteiger partial charge in [-0.3, -0.25) is 14.4 Å². The molecule has 1 saturated heterocycles. The van der Waals surface area contributed by atoms with Crippen molar-refractivity contribution >= 4 is 17.5 Å². The number of hydrogen-bond acceptors (Lipinski definition) is 5. The average Bonchev–Trinajstić information content (AvgIpc) is 3.11. The van der Waals surface area contributed by atoms with Crippen LogP contribution in [0.4, 0.5) is 0 Å². The highest BCUT2D eigenvalue weighted by Gasteiger charge is 2.76. The minimum Gasteiger partial charge on any atom is -0.458 e. The van der Waals surface area contributed by atoms with Crippen molar-refractivity contribution in [2.45, 2.75) is 66.1 Å². The molecule has 5 nitrogen and oxygen atoms in total. The molecule has 1 saturated carbocycles. The van der Waals surface area contributed by atoms with Gasteiger partial charge in [0.1, 0.15) is 23.0 Å². The van der Waals surface area contributed by atoms with Crippen molar-refractivity contribution in [3.63, 3.8) is 0 Å². The zero-order valence-corrected chi connectivity index (χ0v) is 17.3. The van der Waals surface area contributed by atoms with Crippen molar-refractivity contribution in [1.29, 1.82) is 0 Å². The normalized spacial score (nSPS) is 45.6. The predicted molar refractivity (Wildman–Crippen MR) is 101 cm³/mol. The Morgan fingerprint density at radius 1 is 1.18 bits per heavy atom. The van der Waals surface area contributed by atoms with Crippen LogP contribution in [0.25, 0.3) is 0 Å². The molecule has 0 spiro atoms. The van der Waals surface area contributed by atoms with Gasteiger partial charge in [0.05, 0.1) is 0 Å². The molecule has 6 unspecified atom stereocenters. The maximum Gasteiger partial charge on any atom is 0.317 e. The summed E-state index contributed by atoms with van der Waals surface area (Å²) in [6.45, 7) is 10.4. The maximum atomic E-state index is 13.9. The minimum atomic E-state index is -1.13. The Balaban J connectivity index is 1.82. The molecule has 4 aliphatic carbocycles. The Morgan fingerprint density at radius 3 is 2.57 bits per heavy atom. The Labute approximate surface area is 165 Å². The summed E-state index contributed by atoms with van der Waals surface area (Å²) in [6, 6.07) is 0. The number of esters is 1. The van der Waals surface area contributed by atoms with Crippen LogP contribution in [0.15, 0.2) is 22.8 Å². The summed E-state index contributed by atoms with van der Waals surface area (Å²) in [7, 11) is 0. The second-order valence-electron chi connectivity index (χ2n) is 10.1. The minimum absolute atomic E-state index is 0.0951. The van der Waals surface area contributed by atoms with E-state index in [0.29, 0.717) is 18.6 Å². The van der Waals surface area contributed by atoms with Gasteiger partial charge >= 0.3 is 5.97 Å². The average molecular weight is 384 g/mol. The van der Waals surface area contributed by atoms with E-state index in [1.807, 2.05) is 13.8 Å². The van der Waals surface area contributed by atoms with Gasteiger partial charge in [0.25, 0.3) is 0 Å². The van der Waals surface area contributed by atoms with Crippen molar-refractivity contribution in [2.75, 3.05) is 6.61 Å². The van der Waals surface area contributed by atoms with Gasteiger partial charge in [0.15, 0.2) is 11.6 Å². The van der Waals surface area contributed by atoms with Crippen molar-refractivity contribution < 1.29 is 23.9 Å². The van der Waals surface area contributed by atoms with Crippen LogP contribution >= 0.6 is 0 Å². The molecule has 28 heavy (non-hydrogen) atoms. The van der Waals surface area contributed by atoms with Gasteiger partial charge < -0.3 is 9.47 Å².